The van der Waals surface area contributed by atoms with Crippen LogP contribution in [-0.4, -0.2) is 22.8 Å². The molecule has 0 fully saturated rings. The molecule has 1 N–H and O–H groups in total. The van der Waals surface area contributed by atoms with Crippen LogP contribution in [0, 0.1) is 6.92 Å². The molecule has 5 heteroatoms. The van der Waals surface area contributed by atoms with E-state index in [0.717, 1.165) is 22.5 Å². The minimum atomic E-state index is -0.108. The zero-order valence-electron chi connectivity index (χ0n) is 16.9. The Morgan fingerprint density at radius 2 is 1.71 bits per heavy atom. The normalized spacial score (nSPS) is 11.0. The average molecular weight is 377 g/mol. The average Bonchev–Trinajstić information content (AvgIpc) is 3.13. The summed E-state index contributed by atoms with van der Waals surface area (Å²) >= 11 is 0. The molecule has 0 atom stereocenters. The van der Waals surface area contributed by atoms with Gasteiger partial charge in [0.2, 0.25) is 0 Å². The largest absolute Gasteiger partial charge is 0.380 e. The van der Waals surface area contributed by atoms with Gasteiger partial charge in [-0.1, -0.05) is 55.8 Å². The topological polar surface area (TPSA) is 56.1 Å². The summed E-state index contributed by atoms with van der Waals surface area (Å²) in [6.07, 6.45) is 1.66. The zero-order valence-corrected chi connectivity index (χ0v) is 16.9. The van der Waals surface area contributed by atoms with Crippen molar-refractivity contribution in [2.75, 3.05) is 7.11 Å². The molecule has 0 aliphatic rings. The number of methoxy groups -OCH3 is 1. The summed E-state index contributed by atoms with van der Waals surface area (Å²) < 4.78 is 6.99. The van der Waals surface area contributed by atoms with E-state index in [-0.39, 0.29) is 11.8 Å². The maximum atomic E-state index is 12.8. The molecule has 0 bridgehead atoms. The van der Waals surface area contributed by atoms with Crippen LogP contribution < -0.4 is 5.32 Å². The van der Waals surface area contributed by atoms with Gasteiger partial charge < -0.3 is 10.1 Å². The van der Waals surface area contributed by atoms with Crippen LogP contribution >= 0.6 is 0 Å². The Morgan fingerprint density at radius 3 is 2.32 bits per heavy atom. The van der Waals surface area contributed by atoms with E-state index in [0.29, 0.717) is 18.7 Å². The molecule has 0 saturated carbocycles. The number of amides is 1. The summed E-state index contributed by atoms with van der Waals surface area (Å²) in [5.41, 5.74) is 5.84. The lowest BCUT2D eigenvalue weighted by Gasteiger charge is -2.13. The first kappa shape index (κ1) is 19.8. The van der Waals surface area contributed by atoms with E-state index >= 15 is 0 Å². The van der Waals surface area contributed by atoms with E-state index in [1.54, 1.807) is 13.3 Å². The highest BCUT2D eigenvalue weighted by Gasteiger charge is 2.20. The maximum Gasteiger partial charge on any atom is 0.255 e. The first-order valence-electron chi connectivity index (χ1n) is 9.49. The third-order valence-electron chi connectivity index (χ3n) is 4.66. The van der Waals surface area contributed by atoms with Crippen molar-refractivity contribution < 1.29 is 9.53 Å². The van der Waals surface area contributed by atoms with Gasteiger partial charge in [0, 0.05) is 13.7 Å². The molecule has 0 aliphatic carbocycles. The number of ether oxygens (including phenoxy) is 1. The van der Waals surface area contributed by atoms with Gasteiger partial charge in [0.15, 0.2) is 0 Å². The molecule has 1 amide bonds. The fraction of sp³-hybridized carbons (Fsp3) is 0.304. The predicted octanol–water partition coefficient (Wildman–Crippen LogP) is 4.38. The Bertz CT molecular complexity index is 925. The monoisotopic (exact) mass is 377 g/mol. The van der Waals surface area contributed by atoms with Crippen LogP contribution in [0.25, 0.3) is 5.69 Å². The molecule has 1 heterocycles. The van der Waals surface area contributed by atoms with Crippen molar-refractivity contribution in [3.63, 3.8) is 0 Å². The number of carbonyl (C=O) groups excluding carboxylic acids is 1. The Morgan fingerprint density at radius 1 is 1.07 bits per heavy atom. The van der Waals surface area contributed by atoms with Crippen LogP contribution in [0.5, 0.6) is 0 Å². The summed E-state index contributed by atoms with van der Waals surface area (Å²) in [5, 5.41) is 7.50. The minimum Gasteiger partial charge on any atom is -0.380 e. The third-order valence-corrected chi connectivity index (χ3v) is 4.66. The van der Waals surface area contributed by atoms with E-state index in [4.69, 9.17) is 4.74 Å². The van der Waals surface area contributed by atoms with Crippen molar-refractivity contribution in [3.8, 4) is 5.69 Å². The summed E-state index contributed by atoms with van der Waals surface area (Å²) in [6, 6.07) is 16.2. The van der Waals surface area contributed by atoms with E-state index in [2.05, 4.69) is 31.2 Å². The number of benzene rings is 2. The quantitative estimate of drug-likeness (QED) is 0.665. The standard InChI is InChI=1S/C23H27N3O2/c1-16(2)22-21(14-25-26(22)20-11-5-17(3)6-12-20)23(27)24-13-18-7-9-19(10-8-18)15-28-4/h5-12,14,16H,13,15H2,1-4H3,(H,24,27). The van der Waals surface area contributed by atoms with Gasteiger partial charge in [0.05, 0.1) is 29.7 Å². The molecule has 3 aromatic rings. The molecule has 0 spiro atoms. The number of carbonyl (C=O) groups is 1. The Balaban J connectivity index is 1.77. The van der Waals surface area contributed by atoms with Gasteiger partial charge in [0.1, 0.15) is 0 Å². The summed E-state index contributed by atoms with van der Waals surface area (Å²) in [7, 11) is 1.68. The number of nitrogens with one attached hydrogen (secondary N) is 1. The number of hydrogen-bond acceptors (Lipinski definition) is 3. The number of aryl methyl sites for hydroxylation is 1. The Hall–Kier alpha value is -2.92. The molecule has 146 valence electrons. The third kappa shape index (κ3) is 4.49. The van der Waals surface area contributed by atoms with Crippen molar-refractivity contribution in [1.29, 1.82) is 0 Å². The fourth-order valence-electron chi connectivity index (χ4n) is 3.18. The van der Waals surface area contributed by atoms with Crippen molar-refractivity contribution in [1.82, 2.24) is 15.1 Å². The molecule has 3 rings (SSSR count). The van der Waals surface area contributed by atoms with Gasteiger partial charge in [-0.05, 0) is 36.1 Å². The van der Waals surface area contributed by atoms with Crippen LogP contribution in [-0.2, 0) is 17.9 Å². The molecule has 0 radical (unpaired) electrons. The predicted molar refractivity (Wildman–Crippen MR) is 111 cm³/mol. The summed E-state index contributed by atoms with van der Waals surface area (Å²) in [4.78, 5) is 12.8. The summed E-state index contributed by atoms with van der Waals surface area (Å²) in [5.74, 6) is 0.0564. The first-order chi connectivity index (χ1) is 13.5. The van der Waals surface area contributed by atoms with E-state index < -0.39 is 0 Å². The second-order valence-corrected chi connectivity index (χ2v) is 7.28. The highest BCUT2D eigenvalue weighted by Crippen LogP contribution is 2.23. The smallest absolute Gasteiger partial charge is 0.255 e. The Labute approximate surface area is 166 Å². The number of hydrogen-bond donors (Lipinski definition) is 1. The molecular formula is C23H27N3O2. The fourth-order valence-corrected chi connectivity index (χ4v) is 3.18. The lowest BCUT2D eigenvalue weighted by Crippen LogP contribution is -2.24. The van der Waals surface area contributed by atoms with Crippen LogP contribution in [0.4, 0.5) is 0 Å². The maximum absolute atomic E-state index is 12.8. The highest BCUT2D eigenvalue weighted by molar-refractivity contribution is 5.95. The van der Waals surface area contributed by atoms with Crippen molar-refractivity contribution >= 4 is 5.91 Å². The Kier molecular flexibility index (Phi) is 6.26. The number of rotatable bonds is 7. The molecule has 5 nitrogen and oxygen atoms in total. The first-order valence-corrected chi connectivity index (χ1v) is 9.49. The minimum absolute atomic E-state index is 0.108. The van der Waals surface area contributed by atoms with Crippen molar-refractivity contribution in [2.24, 2.45) is 0 Å². The van der Waals surface area contributed by atoms with Crippen LogP contribution in [0.3, 0.4) is 0 Å². The van der Waals surface area contributed by atoms with Gasteiger partial charge in [0.25, 0.3) is 5.91 Å². The molecule has 0 aliphatic heterocycles. The van der Waals surface area contributed by atoms with Gasteiger partial charge >= 0.3 is 0 Å². The zero-order chi connectivity index (χ0) is 20.1. The summed E-state index contributed by atoms with van der Waals surface area (Å²) in [6.45, 7) is 7.26. The molecule has 0 saturated heterocycles. The van der Waals surface area contributed by atoms with Crippen molar-refractivity contribution in [3.05, 3.63) is 82.7 Å². The van der Waals surface area contributed by atoms with E-state index in [1.165, 1.54) is 5.56 Å². The molecule has 2 aromatic carbocycles. The lowest BCUT2D eigenvalue weighted by atomic mass is 10.0. The number of nitrogens with zero attached hydrogens (tertiary/aromatic N) is 2. The van der Waals surface area contributed by atoms with Gasteiger partial charge in [-0.3, -0.25) is 4.79 Å². The number of aromatic nitrogens is 2. The van der Waals surface area contributed by atoms with E-state index in [1.807, 2.05) is 53.2 Å². The molecule has 0 unspecified atom stereocenters. The van der Waals surface area contributed by atoms with Gasteiger partial charge in [-0.2, -0.15) is 5.10 Å². The molecule has 1 aromatic heterocycles. The highest BCUT2D eigenvalue weighted by atomic mass is 16.5. The van der Waals surface area contributed by atoms with Crippen LogP contribution in [0.1, 0.15) is 52.5 Å². The van der Waals surface area contributed by atoms with E-state index in [9.17, 15) is 4.79 Å². The second-order valence-electron chi connectivity index (χ2n) is 7.28. The van der Waals surface area contributed by atoms with Crippen LogP contribution in [0.15, 0.2) is 54.7 Å². The van der Waals surface area contributed by atoms with Crippen LogP contribution in [0.2, 0.25) is 0 Å². The van der Waals surface area contributed by atoms with Crippen molar-refractivity contribution in [2.45, 2.75) is 39.8 Å². The SMILES string of the molecule is COCc1ccc(CNC(=O)c2cnn(-c3ccc(C)cc3)c2C(C)C)cc1. The lowest BCUT2D eigenvalue weighted by molar-refractivity contribution is 0.0949. The van der Waals surface area contributed by atoms with Gasteiger partial charge in [-0.15, -0.1) is 0 Å². The van der Waals surface area contributed by atoms with Gasteiger partial charge in [-0.25, -0.2) is 4.68 Å². The second kappa shape index (κ2) is 8.85. The molecular weight excluding hydrogens is 350 g/mol. The molecule has 28 heavy (non-hydrogen) atoms.